The van der Waals surface area contributed by atoms with Crippen molar-refractivity contribution in [3.63, 3.8) is 0 Å². The normalized spacial score (nSPS) is 11.6. The number of primary sulfonamides is 1. The van der Waals surface area contributed by atoms with Crippen molar-refractivity contribution in [2.75, 3.05) is 12.3 Å². The summed E-state index contributed by atoms with van der Waals surface area (Å²) in [5.41, 5.74) is 6.86. The number of sulfonamides is 1. The molecule has 142 valence electrons. The van der Waals surface area contributed by atoms with Gasteiger partial charge in [0, 0.05) is 6.54 Å². The number of hydrogen-bond acceptors (Lipinski definition) is 8. The van der Waals surface area contributed by atoms with E-state index in [9.17, 15) is 13.2 Å². The van der Waals surface area contributed by atoms with Crippen LogP contribution >= 0.6 is 11.6 Å². The van der Waals surface area contributed by atoms with Crippen LogP contribution in [0, 0.1) is 0 Å². The Bertz CT molecular complexity index is 1110. The highest BCUT2D eigenvalue weighted by molar-refractivity contribution is 7.89. The average molecular weight is 411 g/mol. The molecule has 2 aromatic heterocycles. The van der Waals surface area contributed by atoms with E-state index in [1.54, 1.807) is 10.9 Å². The second-order valence-corrected chi connectivity index (χ2v) is 7.49. The summed E-state index contributed by atoms with van der Waals surface area (Å²) in [6, 6.07) is 3.73. The maximum Gasteiger partial charge on any atom is 0.338 e. The lowest BCUT2D eigenvalue weighted by atomic mass is 10.2. The number of nitrogens with zero attached hydrogens (tertiary/aromatic N) is 4. The van der Waals surface area contributed by atoms with E-state index in [-0.39, 0.29) is 22.1 Å². The predicted octanol–water partition coefficient (Wildman–Crippen LogP) is 0.956. The Morgan fingerprint density at radius 3 is 2.78 bits per heavy atom. The number of fused-ring (bicyclic) bond motifs is 1. The summed E-state index contributed by atoms with van der Waals surface area (Å²) in [7, 11) is -4.04. The summed E-state index contributed by atoms with van der Waals surface area (Å²) >= 11 is 5.79. The number of carbonyl (C=O) groups is 1. The maximum absolute atomic E-state index is 12.1. The second kappa shape index (κ2) is 7.47. The van der Waals surface area contributed by atoms with E-state index in [0.29, 0.717) is 29.9 Å². The minimum atomic E-state index is -4.04. The van der Waals surface area contributed by atoms with E-state index >= 15 is 0 Å². The van der Waals surface area contributed by atoms with E-state index in [4.69, 9.17) is 27.2 Å². The van der Waals surface area contributed by atoms with Crippen molar-refractivity contribution in [1.82, 2.24) is 19.5 Å². The van der Waals surface area contributed by atoms with E-state index < -0.39 is 16.0 Å². The van der Waals surface area contributed by atoms with Crippen molar-refractivity contribution >= 4 is 44.6 Å². The van der Waals surface area contributed by atoms with Crippen LogP contribution in [-0.2, 0) is 21.3 Å². The molecule has 3 aromatic rings. The molecule has 0 atom stereocenters. The van der Waals surface area contributed by atoms with Crippen LogP contribution in [0.2, 0.25) is 5.02 Å². The first-order chi connectivity index (χ1) is 12.8. The molecule has 0 aliphatic heterocycles. The topological polar surface area (TPSA) is 156 Å². The van der Waals surface area contributed by atoms with Crippen molar-refractivity contribution in [3.8, 4) is 0 Å². The quantitative estimate of drug-likeness (QED) is 0.449. The third-order valence-corrected chi connectivity index (χ3v) is 5.07. The fourth-order valence-electron chi connectivity index (χ4n) is 2.39. The lowest BCUT2D eigenvalue weighted by molar-refractivity contribution is 0.0496. The van der Waals surface area contributed by atoms with E-state index in [1.807, 2.05) is 0 Å². The van der Waals surface area contributed by atoms with Gasteiger partial charge in [-0.1, -0.05) is 11.6 Å². The van der Waals surface area contributed by atoms with Crippen LogP contribution < -0.4 is 10.9 Å². The smallest absolute Gasteiger partial charge is 0.338 e. The van der Waals surface area contributed by atoms with Crippen LogP contribution in [0.4, 0.5) is 5.82 Å². The molecule has 0 radical (unpaired) electrons. The zero-order chi connectivity index (χ0) is 19.6. The van der Waals surface area contributed by atoms with E-state index in [1.165, 1.54) is 18.5 Å². The standard InChI is InChI=1S/C15H15ClN6O4S/c16-10-3-2-9(6-11(10)27(18,24)25)15(23)26-5-1-4-22-8-21-12-13(17)19-7-20-14(12)22/h2-3,6-8H,1,4-5H2,(H2,17,19,20)(H2,18,24,25). The Hall–Kier alpha value is -2.76. The van der Waals surface area contributed by atoms with Crippen LogP contribution in [0.25, 0.3) is 11.2 Å². The number of halogens is 1. The van der Waals surface area contributed by atoms with Crippen molar-refractivity contribution in [3.05, 3.63) is 41.4 Å². The Morgan fingerprint density at radius 2 is 2.04 bits per heavy atom. The van der Waals surface area contributed by atoms with Crippen LogP contribution in [0.3, 0.4) is 0 Å². The second-order valence-electron chi connectivity index (χ2n) is 5.55. The molecule has 0 aliphatic carbocycles. The first-order valence-corrected chi connectivity index (χ1v) is 9.60. The first kappa shape index (κ1) is 19.0. The molecule has 0 bridgehead atoms. The zero-order valence-electron chi connectivity index (χ0n) is 13.9. The third-order valence-electron chi connectivity index (χ3n) is 3.68. The molecule has 4 N–H and O–H groups in total. The molecule has 0 saturated heterocycles. The van der Waals surface area contributed by atoms with Gasteiger partial charge in [-0.05, 0) is 24.6 Å². The highest BCUT2D eigenvalue weighted by Gasteiger charge is 2.17. The molecule has 0 fully saturated rings. The molecule has 27 heavy (non-hydrogen) atoms. The summed E-state index contributed by atoms with van der Waals surface area (Å²) in [6.45, 7) is 0.593. The van der Waals surface area contributed by atoms with E-state index in [0.717, 1.165) is 6.07 Å². The summed E-state index contributed by atoms with van der Waals surface area (Å²) in [4.78, 5) is 23.9. The number of rotatable bonds is 6. The van der Waals surface area contributed by atoms with E-state index in [2.05, 4.69) is 15.0 Å². The number of carbonyl (C=O) groups excluding carboxylic acids is 1. The fourth-order valence-corrected chi connectivity index (χ4v) is 3.47. The number of nitrogens with two attached hydrogens (primary N) is 2. The number of nitrogen functional groups attached to an aromatic ring is 1. The predicted molar refractivity (Wildman–Crippen MR) is 97.5 cm³/mol. The molecule has 0 unspecified atom stereocenters. The van der Waals surface area contributed by atoms with Gasteiger partial charge in [-0.3, -0.25) is 0 Å². The molecular weight excluding hydrogens is 396 g/mol. The molecule has 2 heterocycles. The van der Waals surface area contributed by atoms with Gasteiger partial charge < -0.3 is 15.0 Å². The number of aromatic nitrogens is 4. The largest absolute Gasteiger partial charge is 0.462 e. The van der Waals surface area contributed by atoms with Crippen molar-refractivity contribution < 1.29 is 17.9 Å². The number of esters is 1. The Kier molecular flexibility index (Phi) is 5.26. The number of imidazole rings is 1. The average Bonchev–Trinajstić information content (AvgIpc) is 3.02. The Balaban J connectivity index is 1.61. The summed E-state index contributed by atoms with van der Waals surface area (Å²) in [5, 5.41) is 5.00. The van der Waals surface area contributed by atoms with Crippen LogP contribution in [0.15, 0.2) is 35.7 Å². The molecule has 10 nitrogen and oxygen atoms in total. The van der Waals surface area contributed by atoms with Crippen molar-refractivity contribution in [2.24, 2.45) is 5.14 Å². The third kappa shape index (κ3) is 4.15. The number of anilines is 1. The van der Waals surface area contributed by atoms with Gasteiger partial charge in [0.1, 0.15) is 16.7 Å². The van der Waals surface area contributed by atoms with Crippen LogP contribution in [0.5, 0.6) is 0 Å². The highest BCUT2D eigenvalue weighted by Crippen LogP contribution is 2.22. The fraction of sp³-hybridized carbons (Fsp3) is 0.200. The number of aryl methyl sites for hydroxylation is 1. The molecule has 0 saturated carbocycles. The molecule has 1 aromatic carbocycles. The number of hydrogen-bond donors (Lipinski definition) is 2. The SMILES string of the molecule is Nc1ncnc2c1ncn2CCCOC(=O)c1ccc(Cl)c(S(N)(=O)=O)c1. The Labute approximate surface area is 159 Å². The molecule has 0 aliphatic rings. The summed E-state index contributed by atoms with van der Waals surface area (Å²) in [6.07, 6.45) is 3.41. The highest BCUT2D eigenvalue weighted by atomic mass is 35.5. The zero-order valence-corrected chi connectivity index (χ0v) is 15.4. The van der Waals surface area contributed by atoms with Gasteiger partial charge in [0.15, 0.2) is 11.5 Å². The Morgan fingerprint density at radius 1 is 1.26 bits per heavy atom. The van der Waals surface area contributed by atoms with Crippen LogP contribution in [0.1, 0.15) is 16.8 Å². The minimum Gasteiger partial charge on any atom is -0.462 e. The van der Waals surface area contributed by atoms with Crippen molar-refractivity contribution in [1.29, 1.82) is 0 Å². The number of ether oxygens (including phenoxy) is 1. The minimum absolute atomic E-state index is 0.0389. The van der Waals surface area contributed by atoms with Gasteiger partial charge in [-0.15, -0.1) is 0 Å². The lowest BCUT2D eigenvalue weighted by Crippen LogP contribution is -2.15. The van der Waals surface area contributed by atoms with Gasteiger partial charge >= 0.3 is 5.97 Å². The molecule has 12 heteroatoms. The van der Waals surface area contributed by atoms with Gasteiger partial charge in [0.05, 0.1) is 23.5 Å². The monoisotopic (exact) mass is 410 g/mol. The summed E-state index contributed by atoms with van der Waals surface area (Å²) in [5.74, 6) is -0.391. The molecule has 3 rings (SSSR count). The molecule has 0 amide bonds. The maximum atomic E-state index is 12.1. The van der Waals surface area contributed by atoms with Gasteiger partial charge in [-0.2, -0.15) is 0 Å². The van der Waals surface area contributed by atoms with Gasteiger partial charge in [0.25, 0.3) is 0 Å². The van der Waals surface area contributed by atoms with Crippen molar-refractivity contribution in [2.45, 2.75) is 17.9 Å². The van der Waals surface area contributed by atoms with Crippen LogP contribution in [-0.4, -0.2) is 40.5 Å². The number of benzene rings is 1. The molecular formula is C15H15ClN6O4S. The lowest BCUT2D eigenvalue weighted by Gasteiger charge is -2.08. The summed E-state index contributed by atoms with van der Waals surface area (Å²) < 4.78 is 29.9. The van der Waals surface area contributed by atoms with Gasteiger partial charge in [0.2, 0.25) is 10.0 Å². The first-order valence-electron chi connectivity index (χ1n) is 7.68. The molecule has 0 spiro atoms. The van der Waals surface area contributed by atoms with Gasteiger partial charge in [-0.25, -0.2) is 33.3 Å².